The third-order valence-electron chi connectivity index (χ3n) is 6.28. The summed E-state index contributed by atoms with van der Waals surface area (Å²) in [6.45, 7) is 6.46. The summed E-state index contributed by atoms with van der Waals surface area (Å²) in [4.78, 5) is 30.4. The summed E-state index contributed by atoms with van der Waals surface area (Å²) in [5.74, 6) is -0.239. The van der Waals surface area contributed by atoms with Crippen molar-refractivity contribution in [2.24, 2.45) is 7.05 Å². The van der Waals surface area contributed by atoms with E-state index in [1.807, 2.05) is 20.0 Å². The lowest BCUT2D eigenvalue weighted by Gasteiger charge is -2.41. The lowest BCUT2D eigenvalue weighted by Crippen LogP contribution is -2.45. The minimum atomic E-state index is -0.485. The number of anilines is 1. The molecular formula is C23H25ClN4O4. The highest BCUT2D eigenvalue weighted by atomic mass is 35.5. The lowest BCUT2D eigenvalue weighted by molar-refractivity contribution is 0.0154. The summed E-state index contributed by atoms with van der Waals surface area (Å²) in [7, 11) is 1.62. The third-order valence-corrected chi connectivity index (χ3v) is 6.62. The Hall–Kier alpha value is -2.84. The molecule has 1 amide bonds. The molecule has 1 N–H and O–H groups in total. The molecule has 3 aromatic rings. The van der Waals surface area contributed by atoms with E-state index in [-0.39, 0.29) is 44.7 Å². The average Bonchev–Trinajstić information content (AvgIpc) is 3.38. The SMILES string of the molecule is CC(C)Oc1c(C(=O)Nc2cccn(C)c2=O)cn2cc(C34COC(C)(C3)C4)nc2c1Cl. The molecule has 3 aromatic heterocycles. The van der Waals surface area contributed by atoms with Crippen LogP contribution in [-0.2, 0) is 17.2 Å². The van der Waals surface area contributed by atoms with Crippen LogP contribution in [0.25, 0.3) is 5.65 Å². The molecule has 9 heteroatoms. The van der Waals surface area contributed by atoms with E-state index in [0.29, 0.717) is 12.3 Å². The molecule has 2 bridgehead atoms. The van der Waals surface area contributed by atoms with Gasteiger partial charge in [0, 0.05) is 31.1 Å². The molecule has 32 heavy (non-hydrogen) atoms. The number of aromatic nitrogens is 3. The van der Waals surface area contributed by atoms with Crippen LogP contribution in [0.15, 0.2) is 35.5 Å². The van der Waals surface area contributed by atoms with Crippen molar-refractivity contribution < 1.29 is 14.3 Å². The second-order valence-corrected chi connectivity index (χ2v) is 9.75. The monoisotopic (exact) mass is 456 g/mol. The van der Waals surface area contributed by atoms with Gasteiger partial charge in [-0.15, -0.1) is 0 Å². The molecule has 2 aliphatic heterocycles. The Morgan fingerprint density at radius 2 is 2.09 bits per heavy atom. The summed E-state index contributed by atoms with van der Waals surface area (Å²) in [5.41, 5.74) is 1.34. The second-order valence-electron chi connectivity index (χ2n) is 9.37. The number of hydrogen-bond acceptors (Lipinski definition) is 5. The summed E-state index contributed by atoms with van der Waals surface area (Å²) >= 11 is 6.71. The summed E-state index contributed by atoms with van der Waals surface area (Å²) in [5, 5.41) is 2.95. The zero-order valence-corrected chi connectivity index (χ0v) is 19.2. The van der Waals surface area contributed by atoms with Crippen molar-refractivity contribution in [2.75, 3.05) is 11.9 Å². The van der Waals surface area contributed by atoms with Crippen LogP contribution in [0.2, 0.25) is 5.02 Å². The van der Waals surface area contributed by atoms with Crippen molar-refractivity contribution in [3.8, 4) is 5.75 Å². The van der Waals surface area contributed by atoms with Crippen LogP contribution >= 0.6 is 11.6 Å². The van der Waals surface area contributed by atoms with Gasteiger partial charge in [0.25, 0.3) is 11.5 Å². The summed E-state index contributed by atoms with van der Waals surface area (Å²) in [6.07, 6.45) is 6.81. The number of rotatable bonds is 5. The van der Waals surface area contributed by atoms with E-state index in [4.69, 9.17) is 26.1 Å². The minimum Gasteiger partial charge on any atom is -0.488 e. The molecule has 3 aliphatic rings. The molecule has 6 rings (SSSR count). The number of aryl methyl sites for hydroxylation is 1. The fraction of sp³-hybridized carbons (Fsp3) is 0.435. The number of nitrogens with zero attached hydrogens (tertiary/aromatic N) is 3. The molecule has 0 unspecified atom stereocenters. The van der Waals surface area contributed by atoms with E-state index in [0.717, 1.165) is 18.5 Å². The van der Waals surface area contributed by atoms with Crippen LogP contribution in [0.5, 0.6) is 5.75 Å². The smallest absolute Gasteiger partial charge is 0.274 e. The van der Waals surface area contributed by atoms with Crippen molar-refractivity contribution in [2.45, 2.75) is 50.7 Å². The van der Waals surface area contributed by atoms with Gasteiger partial charge in [0.1, 0.15) is 16.3 Å². The van der Waals surface area contributed by atoms with Crippen molar-refractivity contribution in [1.82, 2.24) is 14.0 Å². The van der Waals surface area contributed by atoms with E-state index >= 15 is 0 Å². The maximum absolute atomic E-state index is 13.2. The van der Waals surface area contributed by atoms with Gasteiger partial charge in [-0.3, -0.25) is 9.59 Å². The summed E-state index contributed by atoms with van der Waals surface area (Å²) < 4.78 is 15.0. The van der Waals surface area contributed by atoms with E-state index in [9.17, 15) is 9.59 Å². The van der Waals surface area contributed by atoms with Gasteiger partial charge in [0.05, 0.1) is 24.0 Å². The zero-order valence-electron chi connectivity index (χ0n) is 18.4. The van der Waals surface area contributed by atoms with E-state index < -0.39 is 5.91 Å². The first-order valence-electron chi connectivity index (χ1n) is 10.6. The van der Waals surface area contributed by atoms with Gasteiger partial charge >= 0.3 is 0 Å². The number of ether oxygens (including phenoxy) is 2. The number of amides is 1. The van der Waals surface area contributed by atoms with Crippen molar-refractivity contribution >= 4 is 28.8 Å². The Kier molecular flexibility index (Phi) is 4.65. The Morgan fingerprint density at radius 3 is 2.75 bits per heavy atom. The van der Waals surface area contributed by atoms with Crippen LogP contribution in [0.1, 0.15) is 49.7 Å². The largest absolute Gasteiger partial charge is 0.488 e. The van der Waals surface area contributed by atoms with Gasteiger partial charge < -0.3 is 23.8 Å². The predicted octanol–water partition coefficient (Wildman–Crippen LogP) is 3.55. The van der Waals surface area contributed by atoms with Gasteiger partial charge in [-0.1, -0.05) is 11.6 Å². The quantitative estimate of drug-likeness (QED) is 0.634. The van der Waals surface area contributed by atoms with Gasteiger partial charge in [-0.25, -0.2) is 4.98 Å². The highest BCUT2D eigenvalue weighted by molar-refractivity contribution is 6.35. The fourth-order valence-electron chi connectivity index (χ4n) is 4.87. The zero-order chi connectivity index (χ0) is 22.8. The topological polar surface area (TPSA) is 86.9 Å². The normalized spacial score (nSPS) is 24.1. The minimum absolute atomic E-state index is 0.0710. The second kappa shape index (κ2) is 7.08. The molecule has 2 saturated heterocycles. The highest BCUT2D eigenvalue weighted by Gasteiger charge is 2.61. The number of nitrogens with one attached hydrogen (secondary N) is 1. The van der Waals surface area contributed by atoms with Gasteiger partial charge in [-0.2, -0.15) is 0 Å². The van der Waals surface area contributed by atoms with Gasteiger partial charge in [0.15, 0.2) is 11.4 Å². The molecule has 168 valence electrons. The average molecular weight is 457 g/mol. The van der Waals surface area contributed by atoms with Gasteiger partial charge in [-0.05, 0) is 45.7 Å². The first-order valence-corrected chi connectivity index (χ1v) is 11.0. The third kappa shape index (κ3) is 3.20. The van der Waals surface area contributed by atoms with E-state index in [2.05, 4.69) is 12.2 Å². The highest BCUT2D eigenvalue weighted by Crippen LogP contribution is 2.58. The fourth-order valence-corrected chi connectivity index (χ4v) is 5.16. The maximum Gasteiger partial charge on any atom is 0.274 e. The maximum atomic E-state index is 13.2. The molecule has 3 fully saturated rings. The lowest BCUT2D eigenvalue weighted by atomic mass is 9.62. The van der Waals surface area contributed by atoms with Crippen LogP contribution in [0, 0.1) is 0 Å². The van der Waals surface area contributed by atoms with Gasteiger partial charge in [0.2, 0.25) is 0 Å². The van der Waals surface area contributed by atoms with Crippen LogP contribution < -0.4 is 15.6 Å². The van der Waals surface area contributed by atoms with Crippen molar-refractivity contribution in [1.29, 1.82) is 0 Å². The first kappa shape index (κ1) is 21.0. The number of hydrogen-bond donors (Lipinski definition) is 1. The van der Waals surface area contributed by atoms with E-state index in [1.54, 1.807) is 36.0 Å². The molecule has 1 aliphatic carbocycles. The molecule has 8 nitrogen and oxygen atoms in total. The molecule has 5 heterocycles. The number of carbonyl (C=O) groups is 1. The molecule has 0 aromatic carbocycles. The number of halogens is 1. The number of imidazole rings is 1. The van der Waals surface area contributed by atoms with Crippen molar-refractivity contribution in [3.63, 3.8) is 0 Å². The predicted molar refractivity (Wildman–Crippen MR) is 121 cm³/mol. The number of carbonyl (C=O) groups excluding carboxylic acids is 1. The summed E-state index contributed by atoms with van der Waals surface area (Å²) in [6, 6.07) is 3.25. The van der Waals surface area contributed by atoms with Crippen LogP contribution in [0.4, 0.5) is 5.69 Å². The first-order chi connectivity index (χ1) is 15.1. The molecule has 0 spiro atoms. The Balaban J connectivity index is 1.58. The number of fused-ring (bicyclic) bond motifs is 2. The Bertz CT molecular complexity index is 1300. The standard InChI is InChI=1S/C23H25ClN4O4/c1-13(2)32-18-14(20(29)25-15-6-5-7-27(4)21(15)30)8-28-9-16(26-19(28)17(18)24)23-10-22(3,11-23)31-12-23/h5-9,13H,10-12H2,1-4H3,(H,25,29). The molecular weight excluding hydrogens is 432 g/mol. The van der Waals surface area contributed by atoms with Crippen LogP contribution in [-0.4, -0.2) is 38.2 Å². The number of pyridine rings is 2. The molecule has 0 atom stereocenters. The van der Waals surface area contributed by atoms with Crippen LogP contribution in [0.3, 0.4) is 0 Å². The Labute approximate surface area is 190 Å². The van der Waals surface area contributed by atoms with Crippen molar-refractivity contribution in [3.05, 3.63) is 57.4 Å². The molecule has 0 radical (unpaired) electrons. The molecule has 1 saturated carbocycles. The van der Waals surface area contributed by atoms with E-state index in [1.165, 1.54) is 4.57 Å². The Morgan fingerprint density at radius 1 is 1.34 bits per heavy atom.